The van der Waals surface area contributed by atoms with Crippen LogP contribution in [0.4, 0.5) is 5.69 Å². The van der Waals surface area contributed by atoms with Gasteiger partial charge in [0.05, 0.1) is 6.61 Å². The summed E-state index contributed by atoms with van der Waals surface area (Å²) < 4.78 is 5.09. The fraction of sp³-hybridized carbons (Fsp3) is 0.538. The molecule has 0 heterocycles. The van der Waals surface area contributed by atoms with E-state index in [1.165, 1.54) is 5.56 Å². The molecule has 1 aromatic rings. The molecule has 0 radical (unpaired) electrons. The molecule has 0 aliphatic rings. The number of ether oxygens (including phenoxy) is 1. The number of nitrogens with zero attached hydrogens (tertiary/aromatic N) is 1. The third-order valence-electron chi connectivity index (χ3n) is 2.81. The maximum atomic E-state index is 5.89. The Balaban J connectivity index is 2.59. The summed E-state index contributed by atoms with van der Waals surface area (Å²) >= 11 is 0. The molecule has 2 N–H and O–H groups in total. The monoisotopic (exact) mass is 222 g/mol. The SMILES string of the molecule is CCN(CCOC)Cc1ccc(C)c(N)c1. The first-order chi connectivity index (χ1) is 7.67. The first kappa shape index (κ1) is 13.0. The van der Waals surface area contributed by atoms with Crippen LogP contribution in [0.3, 0.4) is 0 Å². The molecule has 0 bridgehead atoms. The summed E-state index contributed by atoms with van der Waals surface area (Å²) in [7, 11) is 1.73. The lowest BCUT2D eigenvalue weighted by molar-refractivity contribution is 0.147. The molecule has 1 aromatic carbocycles. The van der Waals surface area contributed by atoms with Crippen LogP contribution >= 0.6 is 0 Å². The molecule has 3 nitrogen and oxygen atoms in total. The molecule has 0 aliphatic carbocycles. The molecule has 0 saturated carbocycles. The van der Waals surface area contributed by atoms with Gasteiger partial charge in [0.2, 0.25) is 0 Å². The van der Waals surface area contributed by atoms with E-state index >= 15 is 0 Å². The topological polar surface area (TPSA) is 38.5 Å². The number of hydrogen-bond acceptors (Lipinski definition) is 3. The van der Waals surface area contributed by atoms with Crippen LogP contribution in [-0.2, 0) is 11.3 Å². The molecule has 0 fully saturated rings. The molecule has 0 saturated heterocycles. The van der Waals surface area contributed by atoms with Gasteiger partial charge in [-0.1, -0.05) is 19.1 Å². The average Bonchev–Trinajstić information content (AvgIpc) is 2.29. The summed E-state index contributed by atoms with van der Waals surface area (Å²) in [6.45, 7) is 7.88. The van der Waals surface area contributed by atoms with Crippen LogP contribution in [0.2, 0.25) is 0 Å². The molecule has 0 amide bonds. The molecule has 16 heavy (non-hydrogen) atoms. The number of nitrogen functional groups attached to an aromatic ring is 1. The zero-order chi connectivity index (χ0) is 12.0. The summed E-state index contributed by atoms with van der Waals surface area (Å²) in [5, 5.41) is 0. The molecule has 90 valence electrons. The Kier molecular flexibility index (Phi) is 5.29. The second-order valence-corrected chi connectivity index (χ2v) is 4.05. The first-order valence-corrected chi connectivity index (χ1v) is 5.73. The van der Waals surface area contributed by atoms with E-state index < -0.39 is 0 Å². The fourth-order valence-electron chi connectivity index (χ4n) is 1.62. The van der Waals surface area contributed by atoms with Crippen LogP contribution in [0.25, 0.3) is 0 Å². The van der Waals surface area contributed by atoms with Gasteiger partial charge < -0.3 is 10.5 Å². The maximum absolute atomic E-state index is 5.89. The van der Waals surface area contributed by atoms with Crippen LogP contribution in [0.5, 0.6) is 0 Å². The Hall–Kier alpha value is -1.06. The number of benzene rings is 1. The lowest BCUT2D eigenvalue weighted by atomic mass is 10.1. The quantitative estimate of drug-likeness (QED) is 0.749. The predicted octanol–water partition coefficient (Wildman–Crippen LogP) is 2.05. The molecule has 0 aliphatic heterocycles. The van der Waals surface area contributed by atoms with Gasteiger partial charge in [0.1, 0.15) is 0 Å². The van der Waals surface area contributed by atoms with E-state index in [4.69, 9.17) is 10.5 Å². The second kappa shape index (κ2) is 6.51. The third-order valence-corrected chi connectivity index (χ3v) is 2.81. The van der Waals surface area contributed by atoms with Crippen LogP contribution in [-0.4, -0.2) is 31.7 Å². The Labute approximate surface area is 98.2 Å². The van der Waals surface area contributed by atoms with E-state index in [-0.39, 0.29) is 0 Å². The van der Waals surface area contributed by atoms with Crippen molar-refractivity contribution in [2.75, 3.05) is 32.5 Å². The molecular weight excluding hydrogens is 200 g/mol. The van der Waals surface area contributed by atoms with E-state index in [0.29, 0.717) is 0 Å². The summed E-state index contributed by atoms with van der Waals surface area (Å²) in [6, 6.07) is 6.28. The van der Waals surface area contributed by atoms with Crippen molar-refractivity contribution in [3.05, 3.63) is 29.3 Å². The van der Waals surface area contributed by atoms with Gasteiger partial charge in [-0.15, -0.1) is 0 Å². The standard InChI is InChI=1S/C13H22N2O/c1-4-15(7-8-16-3)10-12-6-5-11(2)13(14)9-12/h5-6,9H,4,7-8,10,14H2,1-3H3. The van der Waals surface area contributed by atoms with Crippen molar-refractivity contribution >= 4 is 5.69 Å². The largest absolute Gasteiger partial charge is 0.399 e. The van der Waals surface area contributed by atoms with E-state index in [0.717, 1.165) is 37.5 Å². The lowest BCUT2D eigenvalue weighted by Gasteiger charge is -2.20. The van der Waals surface area contributed by atoms with Crippen molar-refractivity contribution in [1.29, 1.82) is 0 Å². The molecule has 3 heteroatoms. The summed E-state index contributed by atoms with van der Waals surface area (Å²) in [5.74, 6) is 0. The van der Waals surface area contributed by atoms with Gasteiger partial charge in [0.15, 0.2) is 0 Å². The van der Waals surface area contributed by atoms with E-state index in [9.17, 15) is 0 Å². The highest BCUT2D eigenvalue weighted by Crippen LogP contribution is 2.14. The van der Waals surface area contributed by atoms with E-state index in [1.807, 2.05) is 6.92 Å². The first-order valence-electron chi connectivity index (χ1n) is 5.73. The minimum Gasteiger partial charge on any atom is -0.399 e. The van der Waals surface area contributed by atoms with Crippen molar-refractivity contribution in [3.63, 3.8) is 0 Å². The minimum absolute atomic E-state index is 0.773. The van der Waals surface area contributed by atoms with Gasteiger partial charge in [-0.3, -0.25) is 4.90 Å². The molecular formula is C13H22N2O. The number of anilines is 1. The lowest BCUT2D eigenvalue weighted by Crippen LogP contribution is -2.26. The van der Waals surface area contributed by atoms with Crippen LogP contribution < -0.4 is 5.73 Å². The second-order valence-electron chi connectivity index (χ2n) is 4.05. The van der Waals surface area contributed by atoms with E-state index in [1.54, 1.807) is 7.11 Å². The zero-order valence-electron chi connectivity index (χ0n) is 10.5. The number of nitrogens with two attached hydrogens (primary N) is 1. The van der Waals surface area contributed by atoms with Crippen LogP contribution in [0.15, 0.2) is 18.2 Å². The zero-order valence-corrected chi connectivity index (χ0v) is 10.5. The predicted molar refractivity (Wildman–Crippen MR) is 68.4 cm³/mol. The Morgan fingerprint density at radius 2 is 2.12 bits per heavy atom. The molecule has 0 spiro atoms. The minimum atomic E-state index is 0.773. The number of hydrogen-bond donors (Lipinski definition) is 1. The number of rotatable bonds is 6. The van der Waals surface area contributed by atoms with Gasteiger partial charge in [-0.2, -0.15) is 0 Å². The van der Waals surface area contributed by atoms with Gasteiger partial charge in [0, 0.05) is 25.9 Å². The highest BCUT2D eigenvalue weighted by molar-refractivity contribution is 5.48. The summed E-state index contributed by atoms with van der Waals surface area (Å²) in [4.78, 5) is 2.34. The number of likely N-dealkylation sites (N-methyl/N-ethyl adjacent to an activating group) is 1. The summed E-state index contributed by atoms with van der Waals surface area (Å²) in [6.07, 6.45) is 0. The summed E-state index contributed by atoms with van der Waals surface area (Å²) in [5.41, 5.74) is 9.18. The smallest absolute Gasteiger partial charge is 0.0589 e. The normalized spacial score (nSPS) is 11.0. The Morgan fingerprint density at radius 3 is 2.69 bits per heavy atom. The van der Waals surface area contributed by atoms with Gasteiger partial charge in [-0.25, -0.2) is 0 Å². The van der Waals surface area contributed by atoms with Crippen molar-refractivity contribution in [3.8, 4) is 0 Å². The van der Waals surface area contributed by atoms with Crippen molar-refractivity contribution in [2.24, 2.45) is 0 Å². The van der Waals surface area contributed by atoms with Crippen molar-refractivity contribution in [2.45, 2.75) is 20.4 Å². The number of aryl methyl sites for hydroxylation is 1. The fourth-order valence-corrected chi connectivity index (χ4v) is 1.62. The molecule has 0 aromatic heterocycles. The number of methoxy groups -OCH3 is 1. The average molecular weight is 222 g/mol. The molecule has 0 atom stereocenters. The van der Waals surface area contributed by atoms with Crippen molar-refractivity contribution in [1.82, 2.24) is 4.90 Å². The maximum Gasteiger partial charge on any atom is 0.0589 e. The van der Waals surface area contributed by atoms with Crippen molar-refractivity contribution < 1.29 is 4.74 Å². The highest BCUT2D eigenvalue weighted by atomic mass is 16.5. The van der Waals surface area contributed by atoms with E-state index in [2.05, 4.69) is 30.0 Å². The highest BCUT2D eigenvalue weighted by Gasteiger charge is 2.04. The van der Waals surface area contributed by atoms with Crippen LogP contribution in [0, 0.1) is 6.92 Å². The van der Waals surface area contributed by atoms with Gasteiger partial charge >= 0.3 is 0 Å². The Morgan fingerprint density at radius 1 is 1.38 bits per heavy atom. The third kappa shape index (κ3) is 3.83. The Bertz CT molecular complexity index is 326. The van der Waals surface area contributed by atoms with Crippen LogP contribution in [0.1, 0.15) is 18.1 Å². The van der Waals surface area contributed by atoms with Gasteiger partial charge in [-0.05, 0) is 30.7 Å². The molecule has 0 unspecified atom stereocenters. The van der Waals surface area contributed by atoms with Gasteiger partial charge in [0.25, 0.3) is 0 Å². The molecule has 1 rings (SSSR count).